The molecule has 1 aliphatic rings. The van der Waals surface area contributed by atoms with E-state index in [0.29, 0.717) is 30.6 Å². The van der Waals surface area contributed by atoms with Crippen molar-refractivity contribution >= 4 is 29.2 Å². The Morgan fingerprint density at radius 3 is 2.04 bits per heavy atom. The lowest BCUT2D eigenvalue weighted by Gasteiger charge is -2.24. The highest BCUT2D eigenvalue weighted by Gasteiger charge is 2.33. The maximum atomic E-state index is 12.4. The smallest absolute Gasteiger partial charge is 0.307 e. The summed E-state index contributed by atoms with van der Waals surface area (Å²) in [5.74, 6) is -2.29. The molecule has 0 aliphatic heterocycles. The van der Waals surface area contributed by atoms with Crippen molar-refractivity contribution < 1.29 is 19.5 Å². The largest absolute Gasteiger partial charge is 0.481 e. The number of carbonyl (C=O) groups excluding carboxylic acids is 2. The fourth-order valence-corrected chi connectivity index (χ4v) is 2.83. The molecule has 0 spiro atoms. The number of carbonyl (C=O) groups is 3. The molecule has 1 aliphatic carbocycles. The van der Waals surface area contributed by atoms with Gasteiger partial charge in [0.05, 0.1) is 11.8 Å². The van der Waals surface area contributed by atoms with Crippen LogP contribution in [0, 0.1) is 17.8 Å². The second kappa shape index (κ2) is 8.46. The summed E-state index contributed by atoms with van der Waals surface area (Å²) in [4.78, 5) is 35.4. The fraction of sp³-hybridized carbons (Fsp3) is 0.421. The number of aliphatic carboxylic acids is 1. The highest BCUT2D eigenvalue weighted by atomic mass is 16.4. The van der Waals surface area contributed by atoms with E-state index in [1.165, 1.54) is 0 Å². The van der Waals surface area contributed by atoms with Crippen LogP contribution in [0.25, 0.3) is 0 Å². The Kier molecular flexibility index (Phi) is 6.33. The van der Waals surface area contributed by atoms with Gasteiger partial charge in [-0.25, -0.2) is 0 Å². The third-order valence-corrected chi connectivity index (χ3v) is 4.12. The Bertz CT molecular complexity index is 665. The molecule has 1 aromatic rings. The second-order valence-electron chi connectivity index (χ2n) is 6.71. The Morgan fingerprint density at radius 1 is 1.00 bits per heavy atom. The number of allylic oxidation sites excluding steroid dienone is 2. The van der Waals surface area contributed by atoms with Crippen LogP contribution in [-0.4, -0.2) is 22.9 Å². The van der Waals surface area contributed by atoms with E-state index >= 15 is 0 Å². The van der Waals surface area contributed by atoms with Gasteiger partial charge in [0, 0.05) is 17.8 Å². The quantitative estimate of drug-likeness (QED) is 0.690. The van der Waals surface area contributed by atoms with Gasteiger partial charge in [-0.15, -0.1) is 0 Å². The highest BCUT2D eigenvalue weighted by Crippen LogP contribution is 2.27. The molecule has 0 heterocycles. The third-order valence-electron chi connectivity index (χ3n) is 4.12. The van der Waals surface area contributed by atoms with Crippen LogP contribution in [0.4, 0.5) is 11.4 Å². The van der Waals surface area contributed by atoms with Crippen LogP contribution < -0.4 is 10.6 Å². The van der Waals surface area contributed by atoms with Crippen molar-refractivity contribution in [2.24, 2.45) is 17.8 Å². The summed E-state index contributed by atoms with van der Waals surface area (Å²) in [5.41, 5.74) is 1.23. The number of hydrogen-bond donors (Lipinski definition) is 3. The molecular formula is C19H24N2O4. The number of hydrogen-bond acceptors (Lipinski definition) is 3. The van der Waals surface area contributed by atoms with E-state index in [9.17, 15) is 19.5 Å². The monoisotopic (exact) mass is 344 g/mol. The third kappa shape index (κ3) is 5.45. The van der Waals surface area contributed by atoms with E-state index in [-0.39, 0.29) is 17.7 Å². The molecule has 0 unspecified atom stereocenters. The number of amides is 2. The summed E-state index contributed by atoms with van der Waals surface area (Å²) in [7, 11) is 0. The molecule has 3 N–H and O–H groups in total. The van der Waals surface area contributed by atoms with Gasteiger partial charge < -0.3 is 15.7 Å². The molecule has 2 amide bonds. The number of benzene rings is 1. The normalized spacial score (nSPS) is 19.5. The number of carboxylic acids is 1. The number of nitrogens with one attached hydrogen (secondary N) is 2. The second-order valence-corrected chi connectivity index (χ2v) is 6.71. The predicted molar refractivity (Wildman–Crippen MR) is 96.1 cm³/mol. The van der Waals surface area contributed by atoms with E-state index in [1.54, 1.807) is 30.3 Å². The molecule has 134 valence electrons. The molecule has 0 fully saturated rings. The summed E-state index contributed by atoms with van der Waals surface area (Å²) < 4.78 is 0. The van der Waals surface area contributed by atoms with Crippen LogP contribution in [0.15, 0.2) is 36.4 Å². The number of carboxylic acid groups (broad SMARTS) is 1. The molecule has 6 heteroatoms. The molecule has 0 saturated carbocycles. The molecule has 25 heavy (non-hydrogen) atoms. The van der Waals surface area contributed by atoms with Crippen LogP contribution in [-0.2, 0) is 14.4 Å². The number of rotatable bonds is 6. The topological polar surface area (TPSA) is 95.5 Å². The SMILES string of the molecule is CC(C)CC(=O)Nc1ccc(NC(=O)[C@@H]2CC=CC[C@H]2C(=O)O)cc1. The van der Waals surface area contributed by atoms with E-state index < -0.39 is 17.8 Å². The minimum absolute atomic E-state index is 0.0509. The zero-order valence-electron chi connectivity index (χ0n) is 14.5. The van der Waals surface area contributed by atoms with Crippen molar-refractivity contribution in [1.29, 1.82) is 0 Å². The Labute approximate surface area is 147 Å². The van der Waals surface area contributed by atoms with Gasteiger partial charge in [0.15, 0.2) is 0 Å². The fourth-order valence-electron chi connectivity index (χ4n) is 2.83. The predicted octanol–water partition coefficient (Wildman–Crippen LogP) is 3.28. The first-order valence-electron chi connectivity index (χ1n) is 8.45. The van der Waals surface area contributed by atoms with Crippen LogP contribution in [0.3, 0.4) is 0 Å². The van der Waals surface area contributed by atoms with Crippen molar-refractivity contribution in [3.63, 3.8) is 0 Å². The van der Waals surface area contributed by atoms with Gasteiger partial charge in [-0.3, -0.25) is 14.4 Å². The average molecular weight is 344 g/mol. The molecule has 0 saturated heterocycles. The number of anilines is 2. The van der Waals surface area contributed by atoms with Gasteiger partial charge in [0.25, 0.3) is 0 Å². The first kappa shape index (κ1) is 18.7. The molecule has 2 atom stereocenters. The summed E-state index contributed by atoms with van der Waals surface area (Å²) in [6, 6.07) is 6.81. The lowest BCUT2D eigenvalue weighted by molar-refractivity contribution is -0.146. The van der Waals surface area contributed by atoms with Crippen LogP contribution in [0.2, 0.25) is 0 Å². The van der Waals surface area contributed by atoms with Gasteiger partial charge in [0.2, 0.25) is 11.8 Å². The van der Waals surface area contributed by atoms with Gasteiger partial charge in [-0.2, -0.15) is 0 Å². The minimum Gasteiger partial charge on any atom is -0.481 e. The molecular weight excluding hydrogens is 320 g/mol. The Hall–Kier alpha value is -2.63. The highest BCUT2D eigenvalue weighted by molar-refractivity contribution is 5.96. The summed E-state index contributed by atoms with van der Waals surface area (Å²) in [6.07, 6.45) is 4.89. The van der Waals surface area contributed by atoms with Crippen molar-refractivity contribution in [2.45, 2.75) is 33.1 Å². The van der Waals surface area contributed by atoms with Crippen LogP contribution in [0.5, 0.6) is 0 Å². The first-order chi connectivity index (χ1) is 11.9. The van der Waals surface area contributed by atoms with E-state index in [0.717, 1.165) is 0 Å². The van der Waals surface area contributed by atoms with Crippen molar-refractivity contribution in [3.8, 4) is 0 Å². The maximum absolute atomic E-state index is 12.4. The molecule has 0 radical (unpaired) electrons. The van der Waals surface area contributed by atoms with E-state index in [4.69, 9.17) is 0 Å². The van der Waals surface area contributed by atoms with E-state index in [2.05, 4.69) is 10.6 Å². The van der Waals surface area contributed by atoms with Gasteiger partial charge in [-0.1, -0.05) is 26.0 Å². The maximum Gasteiger partial charge on any atom is 0.307 e. The lowest BCUT2D eigenvalue weighted by Crippen LogP contribution is -2.34. The van der Waals surface area contributed by atoms with Gasteiger partial charge >= 0.3 is 5.97 Å². The van der Waals surface area contributed by atoms with Crippen LogP contribution >= 0.6 is 0 Å². The van der Waals surface area contributed by atoms with Crippen LogP contribution in [0.1, 0.15) is 33.1 Å². The Morgan fingerprint density at radius 2 is 1.52 bits per heavy atom. The molecule has 2 rings (SSSR count). The van der Waals surface area contributed by atoms with Gasteiger partial charge in [0.1, 0.15) is 0 Å². The summed E-state index contributed by atoms with van der Waals surface area (Å²) in [5, 5.41) is 14.8. The molecule has 0 bridgehead atoms. The zero-order chi connectivity index (χ0) is 18.4. The summed E-state index contributed by atoms with van der Waals surface area (Å²) in [6.45, 7) is 3.95. The van der Waals surface area contributed by atoms with Gasteiger partial charge in [-0.05, 0) is 43.0 Å². The average Bonchev–Trinajstić information content (AvgIpc) is 2.55. The zero-order valence-corrected chi connectivity index (χ0v) is 14.5. The van der Waals surface area contributed by atoms with E-state index in [1.807, 2.05) is 19.9 Å². The molecule has 1 aromatic carbocycles. The van der Waals surface area contributed by atoms with Crippen molar-refractivity contribution in [1.82, 2.24) is 0 Å². The molecule has 6 nitrogen and oxygen atoms in total. The van der Waals surface area contributed by atoms with Crippen molar-refractivity contribution in [2.75, 3.05) is 10.6 Å². The standard InChI is InChI=1S/C19H24N2O4/c1-12(2)11-17(22)20-13-7-9-14(10-8-13)21-18(23)15-5-3-4-6-16(15)19(24)25/h3-4,7-10,12,15-16H,5-6,11H2,1-2H3,(H,20,22)(H,21,23)(H,24,25)/t15-,16-/m1/s1. The first-order valence-corrected chi connectivity index (χ1v) is 8.45. The minimum atomic E-state index is -0.951. The van der Waals surface area contributed by atoms with Crippen molar-refractivity contribution in [3.05, 3.63) is 36.4 Å². The lowest BCUT2D eigenvalue weighted by atomic mass is 9.82. The molecule has 0 aromatic heterocycles. The summed E-state index contributed by atoms with van der Waals surface area (Å²) >= 11 is 0. The Balaban J connectivity index is 1.96.